The molecule has 1 aliphatic heterocycles. The van der Waals surface area contributed by atoms with E-state index in [9.17, 15) is 18.0 Å². The molecule has 27 heavy (non-hydrogen) atoms. The highest BCUT2D eigenvalue weighted by molar-refractivity contribution is 5.95. The molecule has 0 unspecified atom stereocenters. The molecule has 7 heteroatoms. The Morgan fingerprint density at radius 3 is 2.74 bits per heavy atom. The molecule has 0 spiro atoms. The minimum absolute atomic E-state index is 0.0331. The summed E-state index contributed by atoms with van der Waals surface area (Å²) in [5.74, 6) is 0.518. The standard InChI is InChI=1S/C20H20F3NO3/c1-3-26-17-9-13-8-12(2)27-18(13)10-14(17)11-24-19(25)15-6-4-5-7-16(15)20(21,22)23/h4-7,9-10,12H,3,8,11H2,1-2H3,(H,24,25)/t12-/m1/s1. The van der Waals surface area contributed by atoms with Gasteiger partial charge in [0.2, 0.25) is 0 Å². The number of nitrogens with one attached hydrogen (secondary N) is 1. The fourth-order valence-electron chi connectivity index (χ4n) is 3.11. The SMILES string of the molecule is CCOc1cc2c(cc1CNC(=O)c1ccccc1C(F)(F)F)O[C@H](C)C2. The van der Waals surface area contributed by atoms with Gasteiger partial charge in [0.25, 0.3) is 5.91 Å². The Labute approximate surface area is 155 Å². The lowest BCUT2D eigenvalue weighted by Crippen LogP contribution is -2.26. The lowest BCUT2D eigenvalue weighted by atomic mass is 10.0. The van der Waals surface area contributed by atoms with E-state index < -0.39 is 23.2 Å². The van der Waals surface area contributed by atoms with Gasteiger partial charge in [0, 0.05) is 24.1 Å². The number of fused-ring (bicyclic) bond motifs is 1. The molecule has 0 bridgehead atoms. The molecule has 2 aromatic rings. The van der Waals surface area contributed by atoms with Gasteiger partial charge in [-0.05, 0) is 38.1 Å². The van der Waals surface area contributed by atoms with Crippen molar-refractivity contribution in [1.82, 2.24) is 5.32 Å². The third kappa shape index (κ3) is 4.18. The zero-order valence-electron chi connectivity index (χ0n) is 15.0. The fourth-order valence-corrected chi connectivity index (χ4v) is 3.11. The summed E-state index contributed by atoms with van der Waals surface area (Å²) in [4.78, 5) is 12.4. The quantitative estimate of drug-likeness (QED) is 0.840. The summed E-state index contributed by atoms with van der Waals surface area (Å²) in [5, 5.41) is 2.55. The lowest BCUT2D eigenvalue weighted by molar-refractivity contribution is -0.137. The van der Waals surface area contributed by atoms with Crippen LogP contribution in [0.5, 0.6) is 11.5 Å². The zero-order valence-corrected chi connectivity index (χ0v) is 15.0. The highest BCUT2D eigenvalue weighted by atomic mass is 19.4. The van der Waals surface area contributed by atoms with Gasteiger partial charge in [-0.3, -0.25) is 4.79 Å². The Kier molecular flexibility index (Phi) is 5.30. The van der Waals surface area contributed by atoms with Gasteiger partial charge in [-0.1, -0.05) is 12.1 Å². The number of hydrogen-bond donors (Lipinski definition) is 1. The Bertz CT molecular complexity index is 849. The topological polar surface area (TPSA) is 47.6 Å². The minimum Gasteiger partial charge on any atom is -0.494 e. The smallest absolute Gasteiger partial charge is 0.417 e. The predicted octanol–water partition coefficient (Wildman–Crippen LogP) is 4.36. The van der Waals surface area contributed by atoms with E-state index in [1.807, 2.05) is 19.9 Å². The van der Waals surface area contributed by atoms with Gasteiger partial charge in [0.1, 0.15) is 17.6 Å². The molecule has 144 valence electrons. The van der Waals surface area contributed by atoms with Gasteiger partial charge in [0.05, 0.1) is 17.7 Å². The minimum atomic E-state index is -4.60. The lowest BCUT2D eigenvalue weighted by Gasteiger charge is -2.15. The van der Waals surface area contributed by atoms with Crippen LogP contribution >= 0.6 is 0 Å². The van der Waals surface area contributed by atoms with Crippen LogP contribution in [0, 0.1) is 0 Å². The Balaban J connectivity index is 1.81. The maximum absolute atomic E-state index is 13.1. The van der Waals surface area contributed by atoms with Crippen molar-refractivity contribution in [2.45, 2.75) is 39.1 Å². The number of carbonyl (C=O) groups is 1. The first kappa shape index (κ1) is 19.1. The molecular formula is C20H20F3NO3. The molecule has 0 saturated heterocycles. The van der Waals surface area contributed by atoms with E-state index in [1.165, 1.54) is 12.1 Å². The van der Waals surface area contributed by atoms with Crippen molar-refractivity contribution in [2.24, 2.45) is 0 Å². The van der Waals surface area contributed by atoms with Crippen LogP contribution in [0.3, 0.4) is 0 Å². The van der Waals surface area contributed by atoms with Crippen molar-refractivity contribution < 1.29 is 27.4 Å². The number of rotatable bonds is 5. The van der Waals surface area contributed by atoms with Crippen molar-refractivity contribution in [1.29, 1.82) is 0 Å². The number of amides is 1. The second-order valence-corrected chi connectivity index (χ2v) is 6.36. The fraction of sp³-hybridized carbons (Fsp3) is 0.350. The second-order valence-electron chi connectivity index (χ2n) is 6.36. The van der Waals surface area contributed by atoms with Crippen molar-refractivity contribution in [3.8, 4) is 11.5 Å². The molecule has 1 aliphatic rings. The van der Waals surface area contributed by atoms with E-state index in [1.54, 1.807) is 6.07 Å². The summed E-state index contributed by atoms with van der Waals surface area (Å²) in [6.07, 6.45) is -3.78. The Morgan fingerprint density at radius 1 is 1.30 bits per heavy atom. The van der Waals surface area contributed by atoms with E-state index in [-0.39, 0.29) is 12.6 Å². The summed E-state index contributed by atoms with van der Waals surface area (Å²) >= 11 is 0. The largest absolute Gasteiger partial charge is 0.494 e. The van der Waals surface area contributed by atoms with Crippen molar-refractivity contribution in [3.63, 3.8) is 0 Å². The molecular weight excluding hydrogens is 359 g/mol. The van der Waals surface area contributed by atoms with Gasteiger partial charge < -0.3 is 14.8 Å². The molecule has 0 radical (unpaired) electrons. The number of carbonyl (C=O) groups excluding carboxylic acids is 1. The first-order valence-corrected chi connectivity index (χ1v) is 8.69. The molecule has 1 atom stereocenters. The summed E-state index contributed by atoms with van der Waals surface area (Å²) in [5.41, 5.74) is 0.304. The highest BCUT2D eigenvalue weighted by Gasteiger charge is 2.34. The molecule has 2 aromatic carbocycles. The first-order valence-electron chi connectivity index (χ1n) is 8.69. The van der Waals surface area contributed by atoms with E-state index in [0.29, 0.717) is 23.7 Å². The van der Waals surface area contributed by atoms with Gasteiger partial charge in [-0.15, -0.1) is 0 Å². The van der Waals surface area contributed by atoms with Crippen LogP contribution < -0.4 is 14.8 Å². The normalized spacial score (nSPS) is 15.8. The highest BCUT2D eigenvalue weighted by Crippen LogP contribution is 2.35. The average molecular weight is 379 g/mol. The maximum Gasteiger partial charge on any atom is 0.417 e. The molecule has 1 amide bonds. The number of benzene rings is 2. The monoisotopic (exact) mass is 379 g/mol. The van der Waals surface area contributed by atoms with E-state index in [0.717, 1.165) is 24.1 Å². The first-order chi connectivity index (χ1) is 12.8. The second kappa shape index (κ2) is 7.50. The summed E-state index contributed by atoms with van der Waals surface area (Å²) < 4.78 is 50.7. The van der Waals surface area contributed by atoms with Crippen LogP contribution in [0.1, 0.15) is 40.9 Å². The van der Waals surface area contributed by atoms with E-state index in [4.69, 9.17) is 9.47 Å². The molecule has 0 fully saturated rings. The summed E-state index contributed by atoms with van der Waals surface area (Å²) in [7, 11) is 0. The number of alkyl halides is 3. The average Bonchev–Trinajstić information content (AvgIpc) is 2.98. The predicted molar refractivity (Wildman–Crippen MR) is 94.0 cm³/mol. The molecule has 3 rings (SSSR count). The van der Waals surface area contributed by atoms with Crippen LogP contribution in [0.25, 0.3) is 0 Å². The van der Waals surface area contributed by atoms with Crippen LogP contribution in [0.15, 0.2) is 36.4 Å². The number of hydrogen-bond acceptors (Lipinski definition) is 3. The number of halogens is 3. The third-order valence-corrected chi connectivity index (χ3v) is 4.30. The van der Waals surface area contributed by atoms with Crippen LogP contribution in [0.2, 0.25) is 0 Å². The third-order valence-electron chi connectivity index (χ3n) is 4.30. The molecule has 1 N–H and O–H groups in total. The van der Waals surface area contributed by atoms with Crippen molar-refractivity contribution >= 4 is 5.91 Å². The maximum atomic E-state index is 13.1. The van der Waals surface area contributed by atoms with E-state index >= 15 is 0 Å². The molecule has 4 nitrogen and oxygen atoms in total. The molecule has 1 heterocycles. The molecule has 0 aromatic heterocycles. The summed E-state index contributed by atoms with van der Waals surface area (Å²) in [6, 6.07) is 8.36. The van der Waals surface area contributed by atoms with Gasteiger partial charge in [0.15, 0.2) is 0 Å². The molecule has 0 aliphatic carbocycles. The number of ether oxygens (including phenoxy) is 2. The summed E-state index contributed by atoms with van der Waals surface area (Å²) in [6.45, 7) is 4.27. The van der Waals surface area contributed by atoms with Gasteiger partial charge >= 0.3 is 6.18 Å². The Morgan fingerprint density at radius 2 is 2.04 bits per heavy atom. The zero-order chi connectivity index (χ0) is 19.6. The van der Waals surface area contributed by atoms with Crippen molar-refractivity contribution in [2.75, 3.05) is 6.61 Å². The van der Waals surface area contributed by atoms with Crippen molar-refractivity contribution in [3.05, 3.63) is 58.7 Å². The van der Waals surface area contributed by atoms with Gasteiger partial charge in [-0.25, -0.2) is 0 Å². The Hall–Kier alpha value is -2.70. The van der Waals surface area contributed by atoms with Crippen LogP contribution in [-0.2, 0) is 19.1 Å². The molecule has 0 saturated carbocycles. The van der Waals surface area contributed by atoms with Crippen LogP contribution in [0.4, 0.5) is 13.2 Å². The van der Waals surface area contributed by atoms with Crippen LogP contribution in [-0.4, -0.2) is 18.6 Å². The van der Waals surface area contributed by atoms with E-state index in [2.05, 4.69) is 5.32 Å². The van der Waals surface area contributed by atoms with Gasteiger partial charge in [-0.2, -0.15) is 13.2 Å².